The maximum absolute atomic E-state index is 11.7. The number of aryl methyl sites for hydroxylation is 1. The average molecular weight is 221 g/mol. The van der Waals surface area contributed by atoms with Gasteiger partial charge >= 0.3 is 0 Å². The van der Waals surface area contributed by atoms with E-state index in [1.165, 1.54) is 6.20 Å². The normalized spacial score (nSPS) is 10.4. The summed E-state index contributed by atoms with van der Waals surface area (Å²) in [5, 5.41) is 19.8. The molecule has 2 aromatic heterocycles. The number of aromatic nitrogens is 6. The molecule has 2 rings (SSSR count). The summed E-state index contributed by atoms with van der Waals surface area (Å²) >= 11 is 0. The second kappa shape index (κ2) is 4.09. The minimum Gasteiger partial charge on any atom is -0.344 e. The number of H-pyrrole nitrogens is 1. The first-order valence-corrected chi connectivity index (χ1v) is 4.67. The van der Waals surface area contributed by atoms with Crippen molar-refractivity contribution in [1.29, 1.82) is 0 Å². The predicted octanol–water partition coefficient (Wildman–Crippen LogP) is -0.828. The van der Waals surface area contributed by atoms with E-state index < -0.39 is 0 Å². The third-order valence-corrected chi connectivity index (χ3v) is 2.28. The van der Waals surface area contributed by atoms with Crippen molar-refractivity contribution in [2.45, 2.75) is 13.5 Å². The summed E-state index contributed by atoms with van der Waals surface area (Å²) in [6, 6.07) is 0. The quantitative estimate of drug-likeness (QED) is 0.704. The largest absolute Gasteiger partial charge is 0.344 e. The zero-order chi connectivity index (χ0) is 11.5. The van der Waals surface area contributed by atoms with Crippen LogP contribution in [0.5, 0.6) is 0 Å². The van der Waals surface area contributed by atoms with Gasteiger partial charge in [0.2, 0.25) is 0 Å². The molecule has 0 unspecified atom stereocenters. The Morgan fingerprint density at radius 1 is 1.62 bits per heavy atom. The highest BCUT2D eigenvalue weighted by atomic mass is 16.1. The molecule has 0 atom stereocenters. The van der Waals surface area contributed by atoms with Crippen LogP contribution in [-0.2, 0) is 13.6 Å². The Labute approximate surface area is 91.0 Å². The highest BCUT2D eigenvalue weighted by molar-refractivity contribution is 5.94. The maximum Gasteiger partial charge on any atom is 0.255 e. The van der Waals surface area contributed by atoms with E-state index in [0.29, 0.717) is 11.4 Å². The van der Waals surface area contributed by atoms with Crippen molar-refractivity contribution in [3.05, 3.63) is 23.3 Å². The number of carbonyl (C=O) groups excluding carboxylic acids is 1. The molecule has 0 radical (unpaired) electrons. The molecule has 8 nitrogen and oxygen atoms in total. The van der Waals surface area contributed by atoms with Gasteiger partial charge in [0.15, 0.2) is 5.82 Å². The summed E-state index contributed by atoms with van der Waals surface area (Å²) in [4.78, 5) is 11.7. The van der Waals surface area contributed by atoms with Crippen molar-refractivity contribution in [2.75, 3.05) is 0 Å². The molecule has 0 spiro atoms. The molecule has 0 saturated heterocycles. The fourth-order valence-electron chi connectivity index (χ4n) is 1.23. The molecule has 0 bridgehead atoms. The van der Waals surface area contributed by atoms with E-state index >= 15 is 0 Å². The van der Waals surface area contributed by atoms with E-state index in [1.54, 1.807) is 11.7 Å². The van der Waals surface area contributed by atoms with Crippen molar-refractivity contribution >= 4 is 5.91 Å². The van der Waals surface area contributed by atoms with Crippen molar-refractivity contribution in [1.82, 2.24) is 35.7 Å². The summed E-state index contributed by atoms with van der Waals surface area (Å²) in [5.74, 6) is 0.241. The van der Waals surface area contributed by atoms with Crippen molar-refractivity contribution < 1.29 is 4.79 Å². The van der Waals surface area contributed by atoms with Gasteiger partial charge < -0.3 is 5.32 Å². The smallest absolute Gasteiger partial charge is 0.255 e. The average Bonchev–Trinajstić information content (AvgIpc) is 2.88. The number of nitrogens with zero attached hydrogens (tertiary/aromatic N) is 5. The Balaban J connectivity index is 2.01. The highest BCUT2D eigenvalue weighted by Crippen LogP contribution is 2.04. The molecular formula is C8H11N7O. The van der Waals surface area contributed by atoms with Crippen LogP contribution in [0.4, 0.5) is 0 Å². The number of rotatable bonds is 3. The number of hydrogen-bond donors (Lipinski definition) is 2. The number of aromatic amines is 1. The van der Waals surface area contributed by atoms with E-state index in [-0.39, 0.29) is 12.5 Å². The van der Waals surface area contributed by atoms with Gasteiger partial charge in [0.05, 0.1) is 18.3 Å². The molecule has 0 aliphatic carbocycles. The van der Waals surface area contributed by atoms with Crippen molar-refractivity contribution in [3.8, 4) is 0 Å². The van der Waals surface area contributed by atoms with Gasteiger partial charge in [-0.25, -0.2) is 0 Å². The summed E-state index contributed by atoms with van der Waals surface area (Å²) in [6.07, 6.45) is 1.53. The van der Waals surface area contributed by atoms with Crippen LogP contribution in [0.25, 0.3) is 0 Å². The lowest BCUT2D eigenvalue weighted by Crippen LogP contribution is -2.23. The van der Waals surface area contributed by atoms with Crippen LogP contribution >= 0.6 is 0 Å². The number of amides is 1. The van der Waals surface area contributed by atoms with Crippen LogP contribution in [0, 0.1) is 6.92 Å². The van der Waals surface area contributed by atoms with Crippen LogP contribution in [0.15, 0.2) is 6.20 Å². The number of nitrogens with one attached hydrogen (secondary N) is 2. The standard InChI is InChI=1S/C8H11N7O/c1-5-6(3-10-15(5)2)8(16)9-4-7-11-13-14-12-7/h3H,4H2,1-2H3,(H,9,16)(H,11,12,13,14). The summed E-state index contributed by atoms with van der Waals surface area (Å²) in [6.45, 7) is 2.07. The molecule has 0 fully saturated rings. The van der Waals surface area contributed by atoms with Gasteiger partial charge in [-0.05, 0) is 6.92 Å². The van der Waals surface area contributed by atoms with Gasteiger partial charge in [-0.1, -0.05) is 5.21 Å². The van der Waals surface area contributed by atoms with Gasteiger partial charge in [0, 0.05) is 12.7 Å². The third kappa shape index (κ3) is 1.90. The van der Waals surface area contributed by atoms with Crippen LogP contribution in [0.3, 0.4) is 0 Å². The fourth-order valence-corrected chi connectivity index (χ4v) is 1.23. The lowest BCUT2D eigenvalue weighted by atomic mass is 10.2. The molecule has 84 valence electrons. The Bertz CT molecular complexity index is 486. The van der Waals surface area contributed by atoms with Crippen LogP contribution in [0.1, 0.15) is 21.9 Å². The molecular weight excluding hydrogens is 210 g/mol. The Morgan fingerprint density at radius 3 is 3.00 bits per heavy atom. The molecule has 0 aromatic carbocycles. The molecule has 8 heteroatoms. The molecule has 0 saturated carbocycles. The molecule has 0 aliphatic rings. The monoisotopic (exact) mass is 221 g/mol. The van der Waals surface area contributed by atoms with Gasteiger partial charge in [-0.15, -0.1) is 10.2 Å². The Kier molecular flexibility index (Phi) is 2.63. The summed E-state index contributed by atoms with van der Waals surface area (Å²) in [5.41, 5.74) is 1.36. The number of hydrogen-bond acceptors (Lipinski definition) is 5. The van der Waals surface area contributed by atoms with E-state index in [1.807, 2.05) is 6.92 Å². The Hall–Kier alpha value is -2.25. The van der Waals surface area contributed by atoms with E-state index in [2.05, 4.69) is 31.0 Å². The first kappa shape index (κ1) is 10.3. The Morgan fingerprint density at radius 2 is 2.44 bits per heavy atom. The molecule has 1 amide bonds. The van der Waals surface area contributed by atoms with Gasteiger partial charge in [0.25, 0.3) is 5.91 Å². The number of carbonyl (C=O) groups is 1. The van der Waals surface area contributed by atoms with Gasteiger partial charge in [-0.2, -0.15) is 10.3 Å². The first-order chi connectivity index (χ1) is 7.68. The highest BCUT2D eigenvalue weighted by Gasteiger charge is 2.12. The van der Waals surface area contributed by atoms with Gasteiger partial charge in [0.1, 0.15) is 0 Å². The fraction of sp³-hybridized carbons (Fsp3) is 0.375. The zero-order valence-corrected chi connectivity index (χ0v) is 8.93. The van der Waals surface area contributed by atoms with E-state index in [4.69, 9.17) is 0 Å². The summed E-state index contributed by atoms with van der Waals surface area (Å²) in [7, 11) is 1.78. The maximum atomic E-state index is 11.7. The first-order valence-electron chi connectivity index (χ1n) is 4.67. The van der Waals surface area contributed by atoms with Crippen molar-refractivity contribution in [2.24, 2.45) is 7.05 Å². The van der Waals surface area contributed by atoms with Gasteiger partial charge in [-0.3, -0.25) is 9.48 Å². The minimum atomic E-state index is -0.199. The summed E-state index contributed by atoms with van der Waals surface area (Å²) < 4.78 is 1.64. The lowest BCUT2D eigenvalue weighted by molar-refractivity contribution is 0.0949. The molecule has 0 aliphatic heterocycles. The second-order valence-corrected chi connectivity index (χ2v) is 3.28. The van der Waals surface area contributed by atoms with Crippen molar-refractivity contribution in [3.63, 3.8) is 0 Å². The lowest BCUT2D eigenvalue weighted by Gasteiger charge is -2.01. The van der Waals surface area contributed by atoms with Crippen LogP contribution in [0.2, 0.25) is 0 Å². The molecule has 2 heterocycles. The predicted molar refractivity (Wildman–Crippen MR) is 53.3 cm³/mol. The van der Waals surface area contributed by atoms with E-state index in [9.17, 15) is 4.79 Å². The molecule has 2 N–H and O–H groups in total. The molecule has 2 aromatic rings. The third-order valence-electron chi connectivity index (χ3n) is 2.28. The van der Waals surface area contributed by atoms with E-state index in [0.717, 1.165) is 5.69 Å². The zero-order valence-electron chi connectivity index (χ0n) is 8.93. The SMILES string of the molecule is Cc1c(C(=O)NCc2nn[nH]n2)cnn1C. The molecule has 16 heavy (non-hydrogen) atoms. The van der Waals surface area contributed by atoms with Crippen LogP contribution in [-0.4, -0.2) is 36.3 Å². The minimum absolute atomic E-state index is 0.199. The van der Waals surface area contributed by atoms with Crippen LogP contribution < -0.4 is 5.32 Å². The number of tetrazole rings is 1. The second-order valence-electron chi connectivity index (χ2n) is 3.28. The topological polar surface area (TPSA) is 101 Å².